The highest BCUT2D eigenvalue weighted by molar-refractivity contribution is 6.83. The van der Waals surface area contributed by atoms with Crippen LogP contribution < -0.4 is 0 Å². The van der Waals surface area contributed by atoms with E-state index in [1.54, 1.807) is 0 Å². The van der Waals surface area contributed by atoms with Gasteiger partial charge in [0.25, 0.3) is 0 Å². The molecule has 0 saturated heterocycles. The smallest absolute Gasteiger partial charge is 0.127 e. The molecule has 20 heavy (non-hydrogen) atoms. The van der Waals surface area contributed by atoms with E-state index >= 15 is 0 Å². The molecule has 0 nitrogen and oxygen atoms in total. The molecule has 0 aliphatic carbocycles. The average Bonchev–Trinajstić information content (AvgIpc) is 2.42. The highest BCUT2D eigenvalue weighted by Gasteiger charge is 2.09. The van der Waals surface area contributed by atoms with E-state index in [9.17, 15) is 0 Å². The van der Waals surface area contributed by atoms with Crippen molar-refractivity contribution in [1.82, 2.24) is 0 Å². The summed E-state index contributed by atoms with van der Waals surface area (Å²) in [5.41, 5.74) is 6.18. The van der Waals surface area contributed by atoms with Gasteiger partial charge in [-0.25, -0.2) is 0 Å². The monoisotopic (exact) mass is 280 g/mol. The Kier molecular flexibility index (Phi) is 4.67. The van der Waals surface area contributed by atoms with Gasteiger partial charge >= 0.3 is 0 Å². The van der Waals surface area contributed by atoms with Crippen molar-refractivity contribution < 1.29 is 0 Å². The van der Waals surface area contributed by atoms with E-state index in [1.807, 2.05) is 0 Å². The third-order valence-corrected chi connectivity index (χ3v) is 4.27. The average molecular weight is 280 g/mol. The molecule has 0 heterocycles. The van der Waals surface area contributed by atoms with Crippen molar-refractivity contribution >= 4 is 18.8 Å². The van der Waals surface area contributed by atoms with Crippen LogP contribution in [0.3, 0.4) is 0 Å². The Morgan fingerprint density at radius 3 is 2.45 bits per heavy atom. The number of hydrogen-bond acceptors (Lipinski definition) is 0. The molecule has 0 aromatic heterocycles. The first kappa shape index (κ1) is 14.9. The summed E-state index contributed by atoms with van der Waals surface area (Å²) in [6.07, 6.45) is 3.59. The molecule has 0 bridgehead atoms. The second-order valence-electron chi connectivity index (χ2n) is 6.42. The van der Waals surface area contributed by atoms with Gasteiger partial charge in [0, 0.05) is 5.56 Å². The van der Waals surface area contributed by atoms with Crippen molar-refractivity contribution in [2.45, 2.75) is 45.8 Å². The number of rotatable bonds is 3. The minimum absolute atomic E-state index is 1.13. The largest absolute Gasteiger partial charge is 0.129 e. The summed E-state index contributed by atoms with van der Waals surface area (Å²) in [4.78, 5) is 0. The van der Waals surface area contributed by atoms with Gasteiger partial charge in [0.05, 0.1) is 0 Å². The SMILES string of the molecule is CCCCc1c(C#C[Si](C)(C)C)ccc2ccccc12. The second-order valence-corrected chi connectivity index (χ2v) is 11.2. The van der Waals surface area contributed by atoms with Gasteiger partial charge in [-0.15, -0.1) is 5.54 Å². The normalized spacial score (nSPS) is 11.2. The van der Waals surface area contributed by atoms with Crippen LogP contribution in [-0.2, 0) is 6.42 Å². The van der Waals surface area contributed by atoms with Gasteiger partial charge in [-0.05, 0) is 35.2 Å². The minimum Gasteiger partial charge on any atom is -0.127 e. The minimum atomic E-state index is -1.32. The molecule has 0 aliphatic heterocycles. The number of hydrogen-bond donors (Lipinski definition) is 0. The Morgan fingerprint density at radius 2 is 1.75 bits per heavy atom. The quantitative estimate of drug-likeness (QED) is 0.521. The number of aryl methyl sites for hydroxylation is 1. The number of fused-ring (bicyclic) bond motifs is 1. The molecular formula is C19H24Si. The molecule has 0 aliphatic rings. The third kappa shape index (κ3) is 3.74. The molecule has 0 spiro atoms. The predicted molar refractivity (Wildman–Crippen MR) is 92.8 cm³/mol. The second kappa shape index (κ2) is 6.28. The van der Waals surface area contributed by atoms with Gasteiger partial charge in [0.1, 0.15) is 8.07 Å². The zero-order chi connectivity index (χ0) is 14.6. The van der Waals surface area contributed by atoms with Gasteiger partial charge in [-0.2, -0.15) is 0 Å². The maximum Gasteiger partial charge on any atom is 0.129 e. The zero-order valence-electron chi connectivity index (χ0n) is 13.1. The molecular weight excluding hydrogens is 256 g/mol. The molecule has 0 fully saturated rings. The van der Waals surface area contributed by atoms with E-state index in [2.05, 4.69) is 74.4 Å². The fourth-order valence-electron chi connectivity index (χ4n) is 2.33. The van der Waals surface area contributed by atoms with Crippen molar-refractivity contribution in [3.63, 3.8) is 0 Å². The topological polar surface area (TPSA) is 0 Å². The Hall–Kier alpha value is -1.52. The van der Waals surface area contributed by atoms with Gasteiger partial charge in [-0.1, -0.05) is 69.2 Å². The maximum absolute atomic E-state index is 3.51. The summed E-state index contributed by atoms with van der Waals surface area (Å²) in [6.45, 7) is 9.14. The summed E-state index contributed by atoms with van der Waals surface area (Å²) in [7, 11) is -1.32. The van der Waals surface area contributed by atoms with Crippen LogP contribution >= 0.6 is 0 Å². The fourth-order valence-corrected chi connectivity index (χ4v) is 2.84. The van der Waals surface area contributed by atoms with E-state index in [4.69, 9.17) is 0 Å². The Balaban J connectivity index is 2.54. The summed E-state index contributed by atoms with van der Waals surface area (Å²) in [6, 6.07) is 13.1. The van der Waals surface area contributed by atoms with Gasteiger partial charge < -0.3 is 0 Å². The summed E-state index contributed by atoms with van der Waals surface area (Å²) in [5, 5.41) is 2.71. The molecule has 104 valence electrons. The summed E-state index contributed by atoms with van der Waals surface area (Å²) < 4.78 is 0. The van der Waals surface area contributed by atoms with E-state index in [0.717, 1.165) is 6.42 Å². The Morgan fingerprint density at radius 1 is 1.00 bits per heavy atom. The van der Waals surface area contributed by atoms with Gasteiger partial charge in [0.2, 0.25) is 0 Å². The molecule has 2 aromatic rings. The first-order chi connectivity index (χ1) is 9.51. The molecule has 0 radical (unpaired) electrons. The van der Waals surface area contributed by atoms with Crippen LogP contribution in [0, 0.1) is 11.5 Å². The van der Waals surface area contributed by atoms with Crippen LogP contribution in [0.25, 0.3) is 10.8 Å². The Bertz CT molecular complexity index is 651. The number of unbranched alkanes of at least 4 members (excludes halogenated alkanes) is 1. The van der Waals surface area contributed by atoms with E-state index in [0.29, 0.717) is 0 Å². The first-order valence-electron chi connectivity index (χ1n) is 7.55. The molecule has 0 unspecified atom stereocenters. The molecule has 0 atom stereocenters. The van der Waals surface area contributed by atoms with Crippen LogP contribution in [0.5, 0.6) is 0 Å². The first-order valence-corrected chi connectivity index (χ1v) is 11.0. The van der Waals surface area contributed by atoms with Crippen molar-refractivity contribution in [1.29, 1.82) is 0 Å². The zero-order valence-corrected chi connectivity index (χ0v) is 14.1. The van der Waals surface area contributed by atoms with E-state index < -0.39 is 8.07 Å². The highest BCUT2D eigenvalue weighted by atomic mass is 28.3. The number of benzene rings is 2. The van der Waals surface area contributed by atoms with Gasteiger partial charge in [0.15, 0.2) is 0 Å². The lowest BCUT2D eigenvalue weighted by atomic mass is 9.95. The van der Waals surface area contributed by atoms with Gasteiger partial charge in [-0.3, -0.25) is 0 Å². The lowest BCUT2D eigenvalue weighted by molar-refractivity contribution is 0.798. The van der Waals surface area contributed by atoms with Crippen LogP contribution in [0.2, 0.25) is 19.6 Å². The van der Waals surface area contributed by atoms with Crippen molar-refractivity contribution in [3.05, 3.63) is 47.5 Å². The molecule has 1 heteroatoms. The Labute approximate surface area is 124 Å². The van der Waals surface area contributed by atoms with E-state index in [1.165, 1.54) is 34.7 Å². The lowest BCUT2D eigenvalue weighted by Crippen LogP contribution is -2.16. The van der Waals surface area contributed by atoms with E-state index in [-0.39, 0.29) is 0 Å². The third-order valence-electron chi connectivity index (χ3n) is 3.39. The van der Waals surface area contributed by atoms with Crippen molar-refractivity contribution in [2.75, 3.05) is 0 Å². The standard InChI is InChI=1S/C19H24Si/c1-5-6-10-18-17(14-15-20(2,3)4)13-12-16-9-7-8-11-19(16)18/h7-9,11-13H,5-6,10H2,1-4H3. The van der Waals surface area contributed by atoms with Crippen LogP contribution in [0.4, 0.5) is 0 Å². The molecule has 2 aromatic carbocycles. The van der Waals surface area contributed by atoms with Crippen LogP contribution in [0.15, 0.2) is 36.4 Å². The van der Waals surface area contributed by atoms with Crippen LogP contribution in [0.1, 0.15) is 30.9 Å². The summed E-state index contributed by atoms with van der Waals surface area (Å²) >= 11 is 0. The lowest BCUT2D eigenvalue weighted by Gasteiger charge is -2.10. The molecule has 0 amide bonds. The molecule has 0 N–H and O–H groups in total. The highest BCUT2D eigenvalue weighted by Crippen LogP contribution is 2.24. The van der Waals surface area contributed by atoms with Crippen molar-refractivity contribution in [2.24, 2.45) is 0 Å². The molecule has 2 rings (SSSR count). The van der Waals surface area contributed by atoms with Crippen molar-refractivity contribution in [3.8, 4) is 11.5 Å². The summed E-state index contributed by atoms with van der Waals surface area (Å²) in [5.74, 6) is 3.47. The fraction of sp³-hybridized carbons (Fsp3) is 0.368. The van der Waals surface area contributed by atoms with Crippen LogP contribution in [-0.4, -0.2) is 8.07 Å². The molecule has 0 saturated carbocycles. The predicted octanol–water partition coefficient (Wildman–Crippen LogP) is 5.41. The maximum atomic E-state index is 3.51.